The van der Waals surface area contributed by atoms with Crippen molar-refractivity contribution in [2.75, 3.05) is 39.8 Å². The summed E-state index contributed by atoms with van der Waals surface area (Å²) in [6, 6.07) is 17.7. The average molecular weight is 308 g/mol. The van der Waals surface area contributed by atoms with E-state index in [0.29, 0.717) is 0 Å². The zero-order valence-electron chi connectivity index (χ0n) is 14.5. The lowest BCUT2D eigenvalue weighted by Crippen LogP contribution is -2.44. The first-order valence-corrected chi connectivity index (χ1v) is 8.78. The Morgan fingerprint density at radius 2 is 1.57 bits per heavy atom. The predicted molar refractivity (Wildman–Crippen MR) is 98.9 cm³/mol. The van der Waals surface area contributed by atoms with Crippen LogP contribution in [0.1, 0.15) is 17.5 Å². The van der Waals surface area contributed by atoms with Crippen molar-refractivity contribution in [1.29, 1.82) is 0 Å². The fraction of sp³-hybridized carbons (Fsp3) is 0.429. The second-order valence-corrected chi connectivity index (χ2v) is 6.76. The lowest BCUT2D eigenvalue weighted by molar-refractivity contribution is 0.153. The Balaban J connectivity index is 1.51. The second-order valence-electron chi connectivity index (χ2n) is 6.76. The number of benzene rings is 2. The molecule has 0 aliphatic carbocycles. The Morgan fingerprint density at radius 1 is 0.870 bits per heavy atom. The van der Waals surface area contributed by atoms with E-state index in [9.17, 15) is 0 Å². The molecule has 0 spiro atoms. The maximum absolute atomic E-state index is 2.60. The Kier molecular flexibility index (Phi) is 5.47. The van der Waals surface area contributed by atoms with Crippen LogP contribution in [0.5, 0.6) is 0 Å². The standard InChI is InChI=1S/C21H28N2/c1-18-6-3-4-8-21(18)20-11-9-19(10-12-20)7-5-13-23-16-14-22(2)15-17-23/h3-4,6,8-12H,5,7,13-17H2,1-2H3. The van der Waals surface area contributed by atoms with Gasteiger partial charge in [-0.15, -0.1) is 0 Å². The maximum Gasteiger partial charge on any atom is 0.0110 e. The Bertz CT molecular complexity index is 610. The van der Waals surface area contributed by atoms with Crippen molar-refractivity contribution in [2.24, 2.45) is 0 Å². The molecule has 0 radical (unpaired) electrons. The predicted octanol–water partition coefficient (Wildman–Crippen LogP) is 3.84. The van der Waals surface area contributed by atoms with Gasteiger partial charge in [0.15, 0.2) is 0 Å². The van der Waals surface area contributed by atoms with E-state index < -0.39 is 0 Å². The van der Waals surface area contributed by atoms with Crippen molar-refractivity contribution >= 4 is 0 Å². The molecular weight excluding hydrogens is 280 g/mol. The van der Waals surface area contributed by atoms with Crippen LogP contribution in [0.3, 0.4) is 0 Å². The van der Waals surface area contributed by atoms with Crippen LogP contribution in [-0.4, -0.2) is 49.6 Å². The zero-order valence-corrected chi connectivity index (χ0v) is 14.5. The highest BCUT2D eigenvalue weighted by Gasteiger charge is 2.12. The molecule has 1 fully saturated rings. The van der Waals surface area contributed by atoms with E-state index in [2.05, 4.69) is 72.3 Å². The molecule has 0 unspecified atom stereocenters. The molecule has 0 saturated carbocycles. The van der Waals surface area contributed by atoms with Crippen molar-refractivity contribution in [3.63, 3.8) is 0 Å². The lowest BCUT2D eigenvalue weighted by atomic mass is 9.98. The third kappa shape index (κ3) is 4.43. The first kappa shape index (κ1) is 16.2. The van der Waals surface area contributed by atoms with Gasteiger partial charge in [-0.1, -0.05) is 48.5 Å². The van der Waals surface area contributed by atoms with Crippen molar-refractivity contribution in [2.45, 2.75) is 19.8 Å². The minimum absolute atomic E-state index is 1.18. The normalized spacial score (nSPS) is 16.6. The molecule has 122 valence electrons. The largest absolute Gasteiger partial charge is 0.304 e. The number of rotatable bonds is 5. The highest BCUT2D eigenvalue weighted by Crippen LogP contribution is 2.23. The highest BCUT2D eigenvalue weighted by atomic mass is 15.2. The monoisotopic (exact) mass is 308 g/mol. The number of hydrogen-bond acceptors (Lipinski definition) is 2. The molecule has 0 atom stereocenters. The molecule has 0 amide bonds. The quantitative estimate of drug-likeness (QED) is 0.828. The van der Waals surface area contributed by atoms with E-state index in [1.807, 2.05) is 0 Å². The minimum Gasteiger partial charge on any atom is -0.304 e. The topological polar surface area (TPSA) is 6.48 Å². The van der Waals surface area contributed by atoms with E-state index in [0.717, 1.165) is 0 Å². The van der Waals surface area contributed by atoms with Crippen molar-refractivity contribution in [3.05, 3.63) is 59.7 Å². The molecule has 0 bridgehead atoms. The van der Waals surface area contributed by atoms with Crippen LogP contribution in [0.4, 0.5) is 0 Å². The van der Waals surface area contributed by atoms with Gasteiger partial charge in [-0.05, 0) is 55.6 Å². The first-order valence-electron chi connectivity index (χ1n) is 8.78. The summed E-state index contributed by atoms with van der Waals surface area (Å²) in [7, 11) is 2.22. The number of likely N-dealkylation sites (N-methyl/N-ethyl adjacent to an activating group) is 1. The van der Waals surface area contributed by atoms with Gasteiger partial charge in [0, 0.05) is 26.2 Å². The number of hydrogen-bond donors (Lipinski definition) is 0. The smallest absolute Gasteiger partial charge is 0.0110 e. The van der Waals surface area contributed by atoms with Crippen LogP contribution >= 0.6 is 0 Å². The van der Waals surface area contributed by atoms with Gasteiger partial charge in [0.05, 0.1) is 0 Å². The summed E-state index contributed by atoms with van der Waals surface area (Å²) < 4.78 is 0. The van der Waals surface area contributed by atoms with E-state index in [4.69, 9.17) is 0 Å². The summed E-state index contributed by atoms with van der Waals surface area (Å²) in [6.07, 6.45) is 2.44. The second kappa shape index (κ2) is 7.76. The first-order chi connectivity index (χ1) is 11.2. The summed E-state index contributed by atoms with van der Waals surface area (Å²) in [6.45, 7) is 8.29. The molecule has 1 aliphatic rings. The molecule has 2 aromatic carbocycles. The van der Waals surface area contributed by atoms with Crippen LogP contribution in [-0.2, 0) is 6.42 Å². The summed E-state index contributed by atoms with van der Waals surface area (Å²) in [5, 5.41) is 0. The van der Waals surface area contributed by atoms with Crippen molar-refractivity contribution in [3.8, 4) is 11.1 Å². The van der Waals surface area contributed by atoms with Crippen molar-refractivity contribution in [1.82, 2.24) is 9.80 Å². The third-order valence-corrected chi connectivity index (χ3v) is 4.95. The van der Waals surface area contributed by atoms with E-state index >= 15 is 0 Å². The van der Waals surface area contributed by atoms with Crippen LogP contribution in [0.2, 0.25) is 0 Å². The molecule has 1 heterocycles. The minimum atomic E-state index is 1.18. The molecule has 2 heteroatoms. The number of nitrogens with zero attached hydrogens (tertiary/aromatic N) is 2. The van der Waals surface area contributed by atoms with Gasteiger partial charge in [-0.2, -0.15) is 0 Å². The number of aryl methyl sites for hydroxylation is 2. The fourth-order valence-electron chi connectivity index (χ4n) is 3.33. The zero-order chi connectivity index (χ0) is 16.1. The van der Waals surface area contributed by atoms with Crippen LogP contribution in [0.25, 0.3) is 11.1 Å². The Morgan fingerprint density at radius 3 is 2.26 bits per heavy atom. The third-order valence-electron chi connectivity index (χ3n) is 4.95. The fourth-order valence-corrected chi connectivity index (χ4v) is 3.33. The van der Waals surface area contributed by atoms with Gasteiger partial charge < -0.3 is 9.80 Å². The Labute approximate surface area is 140 Å². The van der Waals surface area contributed by atoms with E-state index in [1.165, 1.54) is 67.8 Å². The van der Waals surface area contributed by atoms with Crippen molar-refractivity contribution < 1.29 is 0 Å². The summed E-state index contributed by atoms with van der Waals surface area (Å²) in [5.41, 5.74) is 5.47. The van der Waals surface area contributed by atoms with Gasteiger partial charge >= 0.3 is 0 Å². The van der Waals surface area contributed by atoms with E-state index in [1.54, 1.807) is 0 Å². The highest BCUT2D eigenvalue weighted by molar-refractivity contribution is 5.67. The van der Waals surface area contributed by atoms with Gasteiger partial charge in [0.25, 0.3) is 0 Å². The molecule has 23 heavy (non-hydrogen) atoms. The van der Waals surface area contributed by atoms with Crippen LogP contribution in [0.15, 0.2) is 48.5 Å². The van der Waals surface area contributed by atoms with Gasteiger partial charge in [-0.3, -0.25) is 0 Å². The van der Waals surface area contributed by atoms with Gasteiger partial charge in [0.2, 0.25) is 0 Å². The molecule has 3 rings (SSSR count). The number of piperazine rings is 1. The lowest BCUT2D eigenvalue weighted by Gasteiger charge is -2.32. The maximum atomic E-state index is 2.60. The molecule has 2 nitrogen and oxygen atoms in total. The average Bonchev–Trinajstić information content (AvgIpc) is 2.58. The van der Waals surface area contributed by atoms with Gasteiger partial charge in [-0.25, -0.2) is 0 Å². The Hall–Kier alpha value is -1.64. The van der Waals surface area contributed by atoms with Crippen LogP contribution < -0.4 is 0 Å². The molecule has 1 aliphatic heterocycles. The molecular formula is C21H28N2. The summed E-state index contributed by atoms with van der Waals surface area (Å²) >= 11 is 0. The summed E-state index contributed by atoms with van der Waals surface area (Å²) in [4.78, 5) is 5.02. The molecule has 0 N–H and O–H groups in total. The molecule has 2 aromatic rings. The SMILES string of the molecule is Cc1ccccc1-c1ccc(CCCN2CCN(C)CC2)cc1. The molecule has 0 aromatic heterocycles. The van der Waals surface area contributed by atoms with E-state index in [-0.39, 0.29) is 0 Å². The van der Waals surface area contributed by atoms with Gasteiger partial charge in [0.1, 0.15) is 0 Å². The molecule has 1 saturated heterocycles. The summed E-state index contributed by atoms with van der Waals surface area (Å²) in [5.74, 6) is 0. The van der Waals surface area contributed by atoms with Crippen LogP contribution in [0, 0.1) is 6.92 Å².